The summed E-state index contributed by atoms with van der Waals surface area (Å²) in [4.78, 5) is -0.716. The molecule has 0 fully saturated rings. The molecular formula is C13H9BrF3NO2S. The van der Waals surface area contributed by atoms with E-state index >= 15 is 0 Å². The molecule has 0 saturated carbocycles. The smallest absolute Gasteiger partial charge is 0.264 e. The summed E-state index contributed by atoms with van der Waals surface area (Å²) in [6.45, 7) is 1.56. The first-order valence-corrected chi connectivity index (χ1v) is 7.92. The van der Waals surface area contributed by atoms with Crippen LogP contribution in [0.3, 0.4) is 0 Å². The van der Waals surface area contributed by atoms with E-state index in [1.165, 1.54) is 6.07 Å². The van der Waals surface area contributed by atoms with Gasteiger partial charge in [-0.25, -0.2) is 21.6 Å². The van der Waals surface area contributed by atoms with Crippen molar-refractivity contribution in [1.29, 1.82) is 0 Å². The molecule has 2 rings (SSSR count). The number of anilines is 1. The van der Waals surface area contributed by atoms with Crippen molar-refractivity contribution in [1.82, 2.24) is 0 Å². The molecule has 8 heteroatoms. The van der Waals surface area contributed by atoms with Crippen molar-refractivity contribution < 1.29 is 21.6 Å². The highest BCUT2D eigenvalue weighted by molar-refractivity contribution is 9.10. The quantitative estimate of drug-likeness (QED) is 0.876. The SMILES string of the molecule is Cc1cc(Br)c(F)cc1NS(=O)(=O)c1ccc(F)cc1F. The average molecular weight is 380 g/mol. The molecule has 1 N–H and O–H groups in total. The number of hydrogen-bond acceptors (Lipinski definition) is 2. The molecule has 0 unspecified atom stereocenters. The van der Waals surface area contributed by atoms with Crippen molar-refractivity contribution >= 4 is 31.6 Å². The lowest BCUT2D eigenvalue weighted by Gasteiger charge is -2.12. The first kappa shape index (κ1) is 15.8. The van der Waals surface area contributed by atoms with E-state index in [1.54, 1.807) is 6.92 Å². The topological polar surface area (TPSA) is 46.2 Å². The number of halogens is 4. The monoisotopic (exact) mass is 379 g/mol. The summed E-state index contributed by atoms with van der Waals surface area (Å²) in [6.07, 6.45) is 0. The lowest BCUT2D eigenvalue weighted by atomic mass is 10.2. The molecule has 2 aromatic rings. The maximum absolute atomic E-state index is 13.6. The van der Waals surface area contributed by atoms with Gasteiger partial charge in [-0.3, -0.25) is 4.72 Å². The molecular weight excluding hydrogens is 371 g/mol. The van der Waals surface area contributed by atoms with Gasteiger partial charge in [-0.15, -0.1) is 0 Å². The second-order valence-electron chi connectivity index (χ2n) is 4.26. The summed E-state index contributed by atoms with van der Waals surface area (Å²) >= 11 is 2.97. The van der Waals surface area contributed by atoms with E-state index in [4.69, 9.17) is 0 Å². The third-order valence-corrected chi connectivity index (χ3v) is 4.70. The van der Waals surface area contributed by atoms with Gasteiger partial charge in [-0.2, -0.15) is 0 Å². The molecule has 112 valence electrons. The number of hydrogen-bond donors (Lipinski definition) is 1. The maximum Gasteiger partial charge on any atom is 0.264 e. The van der Waals surface area contributed by atoms with Gasteiger partial charge in [0.1, 0.15) is 22.3 Å². The van der Waals surface area contributed by atoms with Gasteiger partial charge in [-0.05, 0) is 52.7 Å². The minimum absolute atomic E-state index is 0.0283. The maximum atomic E-state index is 13.6. The van der Waals surface area contributed by atoms with E-state index in [9.17, 15) is 21.6 Å². The Morgan fingerprint density at radius 2 is 1.71 bits per heavy atom. The second kappa shape index (κ2) is 5.69. The van der Waals surface area contributed by atoms with Gasteiger partial charge in [0.2, 0.25) is 0 Å². The molecule has 0 heterocycles. The molecule has 0 radical (unpaired) electrons. The molecule has 0 bridgehead atoms. The largest absolute Gasteiger partial charge is 0.279 e. The van der Waals surface area contributed by atoms with E-state index in [2.05, 4.69) is 20.7 Å². The van der Waals surface area contributed by atoms with Crippen LogP contribution in [0.25, 0.3) is 0 Å². The minimum Gasteiger partial charge on any atom is -0.279 e. The fraction of sp³-hybridized carbons (Fsp3) is 0.0769. The van der Waals surface area contributed by atoms with Crippen LogP contribution in [0.5, 0.6) is 0 Å². The zero-order valence-electron chi connectivity index (χ0n) is 10.6. The molecule has 0 amide bonds. The van der Waals surface area contributed by atoms with Crippen LogP contribution in [0.2, 0.25) is 0 Å². The summed E-state index contributed by atoms with van der Waals surface area (Å²) in [6, 6.07) is 4.44. The molecule has 0 aliphatic heterocycles. The van der Waals surface area contributed by atoms with Crippen LogP contribution in [0.4, 0.5) is 18.9 Å². The fourth-order valence-corrected chi connectivity index (χ4v) is 3.29. The van der Waals surface area contributed by atoms with E-state index < -0.39 is 32.4 Å². The molecule has 0 aliphatic rings. The highest BCUT2D eigenvalue weighted by Gasteiger charge is 2.21. The van der Waals surface area contributed by atoms with Crippen LogP contribution < -0.4 is 4.72 Å². The van der Waals surface area contributed by atoms with Gasteiger partial charge >= 0.3 is 0 Å². The number of aryl methyl sites for hydroxylation is 1. The van der Waals surface area contributed by atoms with Gasteiger partial charge in [0, 0.05) is 6.07 Å². The van der Waals surface area contributed by atoms with Gasteiger partial charge in [-0.1, -0.05) is 0 Å². The number of nitrogens with one attached hydrogen (secondary N) is 1. The molecule has 0 atom stereocenters. The van der Waals surface area contributed by atoms with Crippen LogP contribution in [0.1, 0.15) is 5.56 Å². The molecule has 0 spiro atoms. The minimum atomic E-state index is -4.29. The van der Waals surface area contributed by atoms with Crippen molar-refractivity contribution in [3.63, 3.8) is 0 Å². The molecule has 21 heavy (non-hydrogen) atoms. The zero-order chi connectivity index (χ0) is 15.8. The Kier molecular flexibility index (Phi) is 4.29. The Bertz CT molecular complexity index is 809. The van der Waals surface area contributed by atoms with E-state index in [-0.39, 0.29) is 10.2 Å². The molecule has 2 aromatic carbocycles. The van der Waals surface area contributed by atoms with Gasteiger partial charge < -0.3 is 0 Å². The molecule has 0 saturated heterocycles. The van der Waals surface area contributed by atoms with Crippen LogP contribution >= 0.6 is 15.9 Å². The van der Waals surface area contributed by atoms with Crippen LogP contribution in [-0.2, 0) is 10.0 Å². The summed E-state index contributed by atoms with van der Waals surface area (Å²) < 4.78 is 66.2. The van der Waals surface area contributed by atoms with Gasteiger partial charge in [0.05, 0.1) is 10.2 Å². The van der Waals surface area contributed by atoms with Crippen LogP contribution in [-0.4, -0.2) is 8.42 Å². The summed E-state index contributed by atoms with van der Waals surface area (Å²) in [5.41, 5.74) is 0.411. The number of benzene rings is 2. The van der Waals surface area contributed by atoms with Crippen molar-refractivity contribution in [3.05, 3.63) is 57.8 Å². The van der Waals surface area contributed by atoms with Crippen molar-refractivity contribution in [2.75, 3.05) is 4.72 Å². The van der Waals surface area contributed by atoms with E-state index in [0.717, 1.165) is 18.2 Å². The van der Waals surface area contributed by atoms with Gasteiger partial charge in [0.15, 0.2) is 0 Å². The predicted octanol–water partition coefficient (Wildman–Crippen LogP) is 3.98. The Morgan fingerprint density at radius 3 is 2.33 bits per heavy atom. The zero-order valence-corrected chi connectivity index (χ0v) is 13.0. The molecule has 3 nitrogen and oxygen atoms in total. The van der Waals surface area contributed by atoms with Crippen molar-refractivity contribution in [3.8, 4) is 0 Å². The first-order chi connectivity index (χ1) is 9.70. The third-order valence-electron chi connectivity index (χ3n) is 2.70. The van der Waals surface area contributed by atoms with Crippen molar-refractivity contribution in [2.24, 2.45) is 0 Å². The Hall–Kier alpha value is -1.54. The first-order valence-electron chi connectivity index (χ1n) is 5.64. The third kappa shape index (κ3) is 3.38. The van der Waals surface area contributed by atoms with Crippen LogP contribution in [0.15, 0.2) is 39.7 Å². The standard InChI is InChI=1S/C13H9BrF3NO2S/c1-7-4-9(14)10(16)6-12(7)18-21(19,20)13-3-2-8(15)5-11(13)17/h2-6,18H,1H3. The summed E-state index contributed by atoms with van der Waals surface area (Å²) in [5, 5.41) is 0. The second-order valence-corrected chi connectivity index (χ2v) is 6.77. The lowest BCUT2D eigenvalue weighted by molar-refractivity contribution is 0.551. The predicted molar refractivity (Wildman–Crippen MR) is 76.0 cm³/mol. The van der Waals surface area contributed by atoms with E-state index in [1.807, 2.05) is 0 Å². The van der Waals surface area contributed by atoms with Crippen LogP contribution in [0, 0.1) is 24.4 Å². The van der Waals surface area contributed by atoms with Gasteiger partial charge in [0.25, 0.3) is 10.0 Å². The summed E-state index contributed by atoms with van der Waals surface area (Å²) in [7, 11) is -4.29. The Morgan fingerprint density at radius 1 is 1.05 bits per heavy atom. The number of rotatable bonds is 3. The molecule has 0 aromatic heterocycles. The summed E-state index contributed by atoms with van der Waals surface area (Å²) in [5.74, 6) is -2.78. The Labute approximate surface area is 128 Å². The Balaban J connectivity index is 2.45. The number of sulfonamides is 1. The average Bonchev–Trinajstić information content (AvgIpc) is 2.35. The highest BCUT2D eigenvalue weighted by atomic mass is 79.9. The lowest BCUT2D eigenvalue weighted by Crippen LogP contribution is -2.15. The molecule has 0 aliphatic carbocycles. The van der Waals surface area contributed by atoms with E-state index in [0.29, 0.717) is 11.6 Å². The fourth-order valence-electron chi connectivity index (χ4n) is 1.65. The highest BCUT2D eigenvalue weighted by Crippen LogP contribution is 2.26. The van der Waals surface area contributed by atoms with Crippen molar-refractivity contribution in [2.45, 2.75) is 11.8 Å². The normalized spacial score (nSPS) is 11.5.